The molecule has 16 nitrogen and oxygen atoms in total. The molecule has 0 spiro atoms. The Labute approximate surface area is 380 Å². The molecule has 2 aromatic carbocycles. The van der Waals surface area contributed by atoms with Crippen LogP contribution in [0.25, 0.3) is 22.6 Å². The van der Waals surface area contributed by atoms with Gasteiger partial charge in [-0.05, 0) is 62.8 Å². The fourth-order valence-corrected chi connectivity index (χ4v) is 5.45. The molecule has 358 valence electrons. The molecule has 2 aliphatic heterocycles. The predicted molar refractivity (Wildman–Crippen MR) is 246 cm³/mol. The molecule has 2 amide bonds. The van der Waals surface area contributed by atoms with Crippen molar-refractivity contribution < 1.29 is 56.9 Å². The number of hydrogen-bond acceptors (Lipinski definition) is 13. The van der Waals surface area contributed by atoms with Crippen LogP contribution in [0, 0.1) is 17.8 Å². The van der Waals surface area contributed by atoms with Gasteiger partial charge in [0, 0.05) is 25.2 Å². The minimum atomic E-state index is -0.952. The summed E-state index contributed by atoms with van der Waals surface area (Å²) in [5.74, 6) is 5.94. The number of carbonyl (C=O) groups is 2. The Kier molecular flexibility index (Phi) is 24.2. The number of ether oxygens (including phenoxy) is 7. The van der Waals surface area contributed by atoms with Crippen LogP contribution in [0.3, 0.4) is 0 Å². The van der Waals surface area contributed by atoms with Gasteiger partial charge in [0.15, 0.2) is 11.5 Å². The van der Waals surface area contributed by atoms with Crippen molar-refractivity contribution in [3.63, 3.8) is 0 Å². The van der Waals surface area contributed by atoms with Gasteiger partial charge in [0.2, 0.25) is 0 Å². The lowest BCUT2D eigenvalue weighted by Crippen LogP contribution is -2.49. The van der Waals surface area contributed by atoms with E-state index in [-0.39, 0.29) is 38.1 Å². The van der Waals surface area contributed by atoms with Crippen molar-refractivity contribution in [3.8, 4) is 45.6 Å². The highest BCUT2D eigenvalue weighted by Gasteiger charge is 2.29. The molecular formula is C48H74N4O12. The third-order valence-electron chi connectivity index (χ3n) is 7.83. The Hall–Kier alpha value is -5.48. The molecule has 2 aromatic heterocycles. The van der Waals surface area contributed by atoms with E-state index in [1.165, 1.54) is 4.90 Å². The van der Waals surface area contributed by atoms with Gasteiger partial charge < -0.3 is 57.1 Å². The lowest BCUT2D eigenvalue weighted by atomic mass is 10.1. The maximum absolute atomic E-state index is 12.3. The summed E-state index contributed by atoms with van der Waals surface area (Å²) in [6, 6.07) is 14.3. The van der Waals surface area contributed by atoms with E-state index >= 15 is 0 Å². The molecule has 2 fully saturated rings. The van der Waals surface area contributed by atoms with Gasteiger partial charge in [0.05, 0.1) is 52.9 Å². The highest BCUT2D eigenvalue weighted by Crippen LogP contribution is 2.39. The van der Waals surface area contributed by atoms with Gasteiger partial charge in [-0.2, -0.15) is 0 Å². The molecule has 2 aliphatic rings. The molecule has 1 N–H and O–H groups in total. The number of amides is 2. The summed E-state index contributed by atoms with van der Waals surface area (Å²) < 4.78 is 49.9. The second-order valence-electron chi connectivity index (χ2n) is 17.9. The number of benzene rings is 2. The van der Waals surface area contributed by atoms with Crippen LogP contribution in [0.4, 0.5) is 9.59 Å². The Morgan fingerprint density at radius 2 is 1.03 bits per heavy atom. The molecule has 0 saturated carbocycles. The van der Waals surface area contributed by atoms with Crippen LogP contribution in [0.5, 0.6) is 23.0 Å². The van der Waals surface area contributed by atoms with Crippen molar-refractivity contribution in [2.45, 2.75) is 101 Å². The van der Waals surface area contributed by atoms with E-state index in [0.29, 0.717) is 78.5 Å². The maximum atomic E-state index is 12.3. The summed E-state index contributed by atoms with van der Waals surface area (Å²) in [5.41, 5.74) is 0.805. The van der Waals surface area contributed by atoms with Gasteiger partial charge in [0.25, 0.3) is 0 Å². The van der Waals surface area contributed by atoms with E-state index in [2.05, 4.69) is 72.6 Å². The van der Waals surface area contributed by atoms with Crippen LogP contribution in [-0.4, -0.2) is 122 Å². The average molecular weight is 899 g/mol. The summed E-state index contributed by atoms with van der Waals surface area (Å²) in [6.45, 7) is 27.9. The summed E-state index contributed by atoms with van der Waals surface area (Å²) in [5, 5.41) is 16.5. The Morgan fingerprint density at radius 3 is 1.38 bits per heavy atom. The highest BCUT2D eigenvalue weighted by molar-refractivity contribution is 5.74. The first kappa shape index (κ1) is 54.7. The van der Waals surface area contributed by atoms with Crippen molar-refractivity contribution >= 4 is 12.2 Å². The summed E-state index contributed by atoms with van der Waals surface area (Å²) in [6.07, 6.45) is 1.21. The van der Waals surface area contributed by atoms with E-state index in [9.17, 15) is 9.59 Å². The van der Waals surface area contributed by atoms with Crippen LogP contribution in [-0.2, 0) is 14.2 Å². The first-order valence-electron chi connectivity index (χ1n) is 21.9. The van der Waals surface area contributed by atoms with Gasteiger partial charge in [-0.15, -0.1) is 0 Å². The van der Waals surface area contributed by atoms with E-state index in [0.717, 1.165) is 17.8 Å². The number of methoxy groups -OCH3 is 2. The predicted octanol–water partition coefficient (Wildman–Crippen LogP) is 10.5. The summed E-state index contributed by atoms with van der Waals surface area (Å²) in [4.78, 5) is 26.3. The van der Waals surface area contributed by atoms with E-state index in [1.807, 2.05) is 39.0 Å². The van der Waals surface area contributed by atoms with Gasteiger partial charge in [-0.1, -0.05) is 84.8 Å². The van der Waals surface area contributed by atoms with Crippen molar-refractivity contribution in [2.24, 2.45) is 17.8 Å². The molecule has 0 aliphatic carbocycles. The molecule has 0 radical (unpaired) electrons. The molecule has 6 rings (SSSR count). The topological polar surface area (TPSA) is 178 Å². The zero-order chi connectivity index (χ0) is 47.8. The molecule has 16 heteroatoms. The number of carbonyl (C=O) groups excluding carboxylic acids is 1. The molecule has 2 saturated heterocycles. The molecular weight excluding hydrogens is 825 g/mol. The third kappa shape index (κ3) is 20.8. The van der Waals surface area contributed by atoms with Crippen molar-refractivity contribution in [1.29, 1.82) is 0 Å². The monoisotopic (exact) mass is 899 g/mol. The largest absolute Gasteiger partial charge is 0.496 e. The molecule has 0 unspecified atom stereocenters. The molecule has 0 bridgehead atoms. The van der Waals surface area contributed by atoms with Crippen molar-refractivity contribution in [3.05, 3.63) is 60.9 Å². The number of carboxylic acid groups (broad SMARTS) is 1. The Bertz CT molecular complexity index is 1860. The molecule has 64 heavy (non-hydrogen) atoms. The standard InChI is InChI=1S/C20H26N2O6.C16H18N2O6.3C4H10/c1-20(2,3)27-19(23)22-10-11-25-14(12-22)13-26-16-7-5-6-15(24-4)18(16)17-8-9-21-28-17;1-21-12-3-2-4-13(15(12)14-5-6-17-24-14)23-10-11-9-18(16(19)20)7-8-22-11;3*1-4(2)3/h5-9,14H,10-13H2,1-4H3;2-6,11H,7-10H2,1H3,(H,19,20);3*4H,1-3H3/t14-;11-;;;/m00.../s1. The second kappa shape index (κ2) is 28.3. The summed E-state index contributed by atoms with van der Waals surface area (Å²) >= 11 is 0. The minimum Gasteiger partial charge on any atom is -0.496 e. The van der Waals surface area contributed by atoms with Crippen LogP contribution >= 0.6 is 0 Å². The Balaban J connectivity index is 0.000000354. The van der Waals surface area contributed by atoms with E-state index in [4.69, 9.17) is 47.3 Å². The zero-order valence-electron chi connectivity index (χ0n) is 40.5. The van der Waals surface area contributed by atoms with Gasteiger partial charge in [-0.3, -0.25) is 0 Å². The summed E-state index contributed by atoms with van der Waals surface area (Å²) in [7, 11) is 3.15. The van der Waals surface area contributed by atoms with E-state index < -0.39 is 11.7 Å². The molecule has 2 atom stereocenters. The Morgan fingerprint density at radius 1 is 0.656 bits per heavy atom. The minimum absolute atomic E-state index is 0.220. The molecule has 4 heterocycles. The number of morpholine rings is 2. The smallest absolute Gasteiger partial charge is 0.410 e. The second-order valence-corrected chi connectivity index (χ2v) is 17.9. The molecule has 4 aromatic rings. The van der Waals surface area contributed by atoms with Crippen molar-refractivity contribution in [2.75, 3.05) is 66.8 Å². The lowest BCUT2D eigenvalue weighted by Gasteiger charge is -2.34. The maximum Gasteiger partial charge on any atom is 0.410 e. The first-order valence-corrected chi connectivity index (χ1v) is 21.9. The zero-order valence-corrected chi connectivity index (χ0v) is 40.5. The third-order valence-corrected chi connectivity index (χ3v) is 7.83. The van der Waals surface area contributed by atoms with Gasteiger partial charge >= 0.3 is 12.2 Å². The average Bonchev–Trinajstić information content (AvgIpc) is 3.97. The van der Waals surface area contributed by atoms with Crippen LogP contribution in [0.2, 0.25) is 0 Å². The lowest BCUT2D eigenvalue weighted by molar-refractivity contribution is -0.0556. The van der Waals surface area contributed by atoms with Crippen LogP contribution in [0.1, 0.15) is 83.1 Å². The normalized spacial score (nSPS) is 15.8. The number of rotatable bonds is 10. The highest BCUT2D eigenvalue weighted by atomic mass is 16.6. The number of nitrogens with zero attached hydrogens (tertiary/aromatic N) is 4. The fraction of sp³-hybridized carbons (Fsp3) is 0.583. The van der Waals surface area contributed by atoms with Crippen LogP contribution in [0.15, 0.2) is 70.0 Å². The SMILES string of the molecule is CC(C)C.CC(C)C.CC(C)C.COc1cccc(OC[C@@H]2CN(C(=O)O)CCO2)c1-c1ccno1.COc1cccc(OC[C@@H]2CN(C(=O)OC(C)(C)C)CCO2)c1-c1ccno1. The van der Waals surface area contributed by atoms with Gasteiger partial charge in [0.1, 0.15) is 65.1 Å². The number of hydrogen-bond donors (Lipinski definition) is 1. The quantitative estimate of drug-likeness (QED) is 0.159. The fourth-order valence-electron chi connectivity index (χ4n) is 5.45. The van der Waals surface area contributed by atoms with Crippen LogP contribution < -0.4 is 18.9 Å². The van der Waals surface area contributed by atoms with Crippen molar-refractivity contribution in [1.82, 2.24) is 20.1 Å². The number of aromatic nitrogens is 2. The first-order chi connectivity index (χ1) is 30.3. The van der Waals surface area contributed by atoms with E-state index in [1.54, 1.807) is 61.8 Å². The van der Waals surface area contributed by atoms with Gasteiger partial charge in [-0.25, -0.2) is 9.59 Å².